The number of hydrogen-bond donors (Lipinski definition) is 0. The number of benzene rings is 1. The Hall–Kier alpha value is -2.98. The molecule has 1 aliphatic carbocycles. The fourth-order valence-electron chi connectivity index (χ4n) is 4.21. The van der Waals surface area contributed by atoms with E-state index in [9.17, 15) is 13.2 Å². The number of anilines is 1. The molecule has 1 fully saturated rings. The molecule has 0 bridgehead atoms. The average molecular weight is 528 g/mol. The molecule has 0 N–H and O–H groups in total. The van der Waals surface area contributed by atoms with E-state index in [4.69, 9.17) is 9.72 Å². The fourth-order valence-corrected chi connectivity index (χ4v) is 5.11. The van der Waals surface area contributed by atoms with Gasteiger partial charge in [0, 0.05) is 37.3 Å². The van der Waals surface area contributed by atoms with Crippen molar-refractivity contribution in [3.63, 3.8) is 0 Å². The highest BCUT2D eigenvalue weighted by Crippen LogP contribution is 2.38. The Balaban J connectivity index is 1.81. The SMILES string of the molecule is CC(C)c1cnn2c(N(Cc3ccc(S(=O)(=O)N(C)C)cc3)C(=O)OC(C)(C)C)cc(C3CCC3)nc12. The second-order valence-electron chi connectivity index (χ2n) is 11.2. The molecular formula is C27H37N5O4S. The van der Waals surface area contributed by atoms with Crippen LogP contribution in [-0.2, 0) is 21.3 Å². The summed E-state index contributed by atoms with van der Waals surface area (Å²) in [6.07, 6.45) is 4.62. The molecule has 37 heavy (non-hydrogen) atoms. The standard InChI is InChI=1S/C27H37N5O4S/c1-18(2)22-16-28-32-24(15-23(29-25(22)32)20-9-8-10-20)31(26(33)36-27(3,4)5)17-19-11-13-21(14-12-19)37(34,35)30(6)7/h11-16,18,20H,8-10,17H2,1-7H3. The topological polar surface area (TPSA) is 97.1 Å². The summed E-state index contributed by atoms with van der Waals surface area (Å²) >= 11 is 0. The van der Waals surface area contributed by atoms with Crippen molar-refractivity contribution in [2.24, 2.45) is 0 Å². The number of carbonyl (C=O) groups excluding carboxylic acids is 1. The lowest BCUT2D eigenvalue weighted by Gasteiger charge is -2.30. The lowest BCUT2D eigenvalue weighted by molar-refractivity contribution is 0.0575. The summed E-state index contributed by atoms with van der Waals surface area (Å²) < 4.78 is 33.7. The van der Waals surface area contributed by atoms with E-state index < -0.39 is 21.7 Å². The predicted octanol–water partition coefficient (Wildman–Crippen LogP) is 5.31. The zero-order valence-corrected chi connectivity index (χ0v) is 23.5. The zero-order chi connectivity index (χ0) is 27.1. The molecule has 2 heterocycles. The van der Waals surface area contributed by atoms with Crippen LogP contribution in [0.25, 0.3) is 5.65 Å². The molecule has 9 nitrogen and oxygen atoms in total. The van der Waals surface area contributed by atoms with Gasteiger partial charge in [-0.15, -0.1) is 0 Å². The van der Waals surface area contributed by atoms with Crippen LogP contribution in [0.1, 0.15) is 82.5 Å². The fraction of sp³-hybridized carbons (Fsp3) is 0.519. The number of aromatic nitrogens is 3. The van der Waals surface area contributed by atoms with Crippen LogP contribution < -0.4 is 4.90 Å². The van der Waals surface area contributed by atoms with Crippen molar-refractivity contribution < 1.29 is 17.9 Å². The number of ether oxygens (including phenoxy) is 1. The number of nitrogens with zero attached hydrogens (tertiary/aromatic N) is 5. The van der Waals surface area contributed by atoms with Gasteiger partial charge in [0.25, 0.3) is 0 Å². The van der Waals surface area contributed by atoms with Gasteiger partial charge < -0.3 is 4.74 Å². The molecular weight excluding hydrogens is 490 g/mol. The summed E-state index contributed by atoms with van der Waals surface area (Å²) in [4.78, 5) is 20.3. The number of carbonyl (C=O) groups is 1. The first-order valence-electron chi connectivity index (χ1n) is 12.7. The Kier molecular flexibility index (Phi) is 7.36. The number of hydrogen-bond acceptors (Lipinski definition) is 6. The predicted molar refractivity (Wildman–Crippen MR) is 143 cm³/mol. The largest absolute Gasteiger partial charge is 0.443 e. The third kappa shape index (κ3) is 5.65. The van der Waals surface area contributed by atoms with Gasteiger partial charge in [0.15, 0.2) is 5.65 Å². The first kappa shape index (κ1) is 27.1. The van der Waals surface area contributed by atoms with Crippen LogP contribution in [-0.4, -0.2) is 53.1 Å². The van der Waals surface area contributed by atoms with Crippen molar-refractivity contribution in [3.8, 4) is 0 Å². The van der Waals surface area contributed by atoms with Crippen molar-refractivity contribution >= 4 is 27.6 Å². The molecule has 3 aromatic rings. The smallest absolute Gasteiger partial charge is 0.416 e. The van der Waals surface area contributed by atoms with Crippen molar-refractivity contribution in [1.29, 1.82) is 0 Å². The minimum atomic E-state index is -3.55. The Labute approximate surface area is 219 Å². The van der Waals surface area contributed by atoms with E-state index >= 15 is 0 Å². The lowest BCUT2D eigenvalue weighted by Crippen LogP contribution is -2.38. The van der Waals surface area contributed by atoms with Crippen molar-refractivity contribution in [2.45, 2.75) is 82.8 Å². The minimum absolute atomic E-state index is 0.178. The lowest BCUT2D eigenvalue weighted by atomic mass is 9.83. The van der Waals surface area contributed by atoms with Gasteiger partial charge in [0.05, 0.1) is 17.6 Å². The van der Waals surface area contributed by atoms with Gasteiger partial charge in [0.2, 0.25) is 10.0 Å². The van der Waals surface area contributed by atoms with Crippen molar-refractivity contribution in [2.75, 3.05) is 19.0 Å². The van der Waals surface area contributed by atoms with Crippen LogP contribution in [0.4, 0.5) is 10.6 Å². The summed E-state index contributed by atoms with van der Waals surface area (Å²) in [5, 5.41) is 4.61. The third-order valence-electron chi connectivity index (χ3n) is 6.58. The van der Waals surface area contributed by atoms with E-state index in [1.54, 1.807) is 33.7 Å². The van der Waals surface area contributed by atoms with E-state index in [1.165, 1.54) is 24.8 Å². The summed E-state index contributed by atoms with van der Waals surface area (Å²) in [6.45, 7) is 9.87. The molecule has 10 heteroatoms. The average Bonchev–Trinajstić information content (AvgIpc) is 3.19. The van der Waals surface area contributed by atoms with E-state index in [0.29, 0.717) is 11.7 Å². The number of amides is 1. The summed E-state index contributed by atoms with van der Waals surface area (Å²) in [6, 6.07) is 8.52. The molecule has 1 amide bonds. The first-order valence-corrected chi connectivity index (χ1v) is 14.1. The van der Waals surface area contributed by atoms with Gasteiger partial charge in [-0.1, -0.05) is 32.4 Å². The van der Waals surface area contributed by atoms with Crippen LogP contribution >= 0.6 is 0 Å². The van der Waals surface area contributed by atoms with Crippen LogP contribution in [0.5, 0.6) is 0 Å². The third-order valence-corrected chi connectivity index (χ3v) is 8.41. The maximum Gasteiger partial charge on any atom is 0.416 e. The van der Waals surface area contributed by atoms with E-state index in [0.717, 1.165) is 35.3 Å². The summed E-state index contributed by atoms with van der Waals surface area (Å²) in [5.74, 6) is 1.16. The number of rotatable bonds is 7. The highest BCUT2D eigenvalue weighted by molar-refractivity contribution is 7.89. The number of sulfonamides is 1. The maximum absolute atomic E-state index is 13.6. The van der Waals surface area contributed by atoms with Gasteiger partial charge in [-0.3, -0.25) is 4.90 Å². The van der Waals surface area contributed by atoms with Crippen LogP contribution in [0.15, 0.2) is 41.4 Å². The van der Waals surface area contributed by atoms with Gasteiger partial charge in [0.1, 0.15) is 11.4 Å². The van der Waals surface area contributed by atoms with Crippen LogP contribution in [0.3, 0.4) is 0 Å². The molecule has 0 aliphatic heterocycles. The second-order valence-corrected chi connectivity index (χ2v) is 13.3. The minimum Gasteiger partial charge on any atom is -0.443 e. The highest BCUT2D eigenvalue weighted by Gasteiger charge is 2.30. The quantitative estimate of drug-likeness (QED) is 0.413. The Morgan fingerprint density at radius 2 is 1.81 bits per heavy atom. The van der Waals surface area contributed by atoms with Crippen LogP contribution in [0, 0.1) is 0 Å². The molecule has 1 aromatic carbocycles. The van der Waals surface area contributed by atoms with Crippen molar-refractivity contribution in [1.82, 2.24) is 18.9 Å². The van der Waals surface area contributed by atoms with E-state index in [1.807, 2.05) is 33.0 Å². The molecule has 0 spiro atoms. The van der Waals surface area contributed by atoms with Gasteiger partial charge in [-0.25, -0.2) is 22.5 Å². The molecule has 4 rings (SSSR count). The molecule has 0 unspecified atom stereocenters. The Morgan fingerprint density at radius 1 is 1.16 bits per heavy atom. The summed E-state index contributed by atoms with van der Waals surface area (Å²) in [7, 11) is -0.560. The monoisotopic (exact) mass is 527 g/mol. The second kappa shape index (κ2) is 10.1. The molecule has 1 saturated carbocycles. The molecule has 2 aromatic heterocycles. The molecule has 0 radical (unpaired) electrons. The summed E-state index contributed by atoms with van der Waals surface area (Å²) in [5.41, 5.74) is 2.78. The van der Waals surface area contributed by atoms with E-state index in [-0.39, 0.29) is 17.4 Å². The van der Waals surface area contributed by atoms with Crippen LogP contribution in [0.2, 0.25) is 0 Å². The highest BCUT2D eigenvalue weighted by atomic mass is 32.2. The number of fused-ring (bicyclic) bond motifs is 1. The van der Waals surface area contributed by atoms with Crippen molar-refractivity contribution in [3.05, 3.63) is 53.3 Å². The molecule has 0 saturated heterocycles. The molecule has 1 aliphatic rings. The first-order chi connectivity index (χ1) is 17.3. The molecule has 200 valence electrons. The Bertz CT molecular complexity index is 1380. The van der Waals surface area contributed by atoms with Gasteiger partial charge >= 0.3 is 6.09 Å². The van der Waals surface area contributed by atoms with E-state index in [2.05, 4.69) is 18.9 Å². The maximum atomic E-state index is 13.6. The van der Waals surface area contributed by atoms with Gasteiger partial charge in [-0.2, -0.15) is 9.61 Å². The normalized spacial score (nSPS) is 14.8. The van der Waals surface area contributed by atoms with Gasteiger partial charge in [-0.05, 0) is 57.2 Å². The molecule has 0 atom stereocenters. The zero-order valence-electron chi connectivity index (χ0n) is 22.7. The Morgan fingerprint density at radius 3 is 2.32 bits per heavy atom.